The molecule has 0 atom stereocenters. The van der Waals surface area contributed by atoms with Crippen LogP contribution in [-0.2, 0) is 0 Å². The highest BCUT2D eigenvalue weighted by Gasteiger charge is 2.18. The third kappa shape index (κ3) is 3.68. The highest BCUT2D eigenvalue weighted by Crippen LogP contribution is 2.24. The molecule has 0 saturated heterocycles. The number of aromatic amines is 1. The summed E-state index contributed by atoms with van der Waals surface area (Å²) in [5.74, 6) is 0.0854. The molecule has 128 valence electrons. The van der Waals surface area contributed by atoms with Gasteiger partial charge < -0.3 is 10.6 Å². The fourth-order valence-electron chi connectivity index (χ4n) is 2.80. The first-order valence-electron chi connectivity index (χ1n) is 8.07. The number of amides is 1. The molecule has 0 aliphatic heterocycles. The van der Waals surface area contributed by atoms with Crippen LogP contribution in [0.4, 0.5) is 17.2 Å². The fourth-order valence-corrected chi connectivity index (χ4v) is 2.80. The zero-order valence-corrected chi connectivity index (χ0v) is 14.8. The largest absolute Gasteiger partial charge is 0.337 e. The van der Waals surface area contributed by atoms with Crippen LogP contribution in [-0.4, -0.2) is 21.3 Å². The first-order valence-corrected chi connectivity index (χ1v) is 8.07. The van der Waals surface area contributed by atoms with E-state index in [4.69, 9.17) is 0 Å². The topological polar surface area (TPSA) is 82.7 Å². The average molecular weight is 335 g/mol. The van der Waals surface area contributed by atoms with E-state index in [0.717, 1.165) is 33.6 Å². The molecule has 1 amide bonds. The van der Waals surface area contributed by atoms with E-state index in [1.165, 1.54) is 0 Å². The van der Waals surface area contributed by atoms with Crippen molar-refractivity contribution in [3.63, 3.8) is 0 Å². The monoisotopic (exact) mass is 335 g/mol. The number of nitrogens with one attached hydrogen (secondary N) is 3. The van der Waals surface area contributed by atoms with Crippen LogP contribution in [0.25, 0.3) is 0 Å². The molecule has 3 rings (SSSR count). The van der Waals surface area contributed by atoms with Crippen LogP contribution in [0.15, 0.2) is 36.4 Å². The molecule has 3 N–H and O–H groups in total. The lowest BCUT2D eigenvalue weighted by atomic mass is 10.1. The Labute approximate surface area is 146 Å². The normalized spacial score (nSPS) is 10.6. The Hall–Kier alpha value is -3.15. The Morgan fingerprint density at radius 1 is 0.920 bits per heavy atom. The second kappa shape index (κ2) is 6.76. The Balaban J connectivity index is 1.82. The standard InChI is InChI=1S/C19H21N5O/c1-11-5-7-15(8-6-11)20-18-17(22-24-23-18)19(25)21-16-13(3)9-12(2)10-14(16)4/h5-10H,1-4H3,(H,21,25)(H2,20,22,23,24). The number of aromatic nitrogens is 3. The van der Waals surface area contributed by atoms with Crippen molar-refractivity contribution in [3.05, 3.63) is 64.3 Å². The number of nitrogens with zero attached hydrogens (tertiary/aromatic N) is 2. The number of benzene rings is 2. The van der Waals surface area contributed by atoms with Crippen molar-refractivity contribution < 1.29 is 4.79 Å². The van der Waals surface area contributed by atoms with Crippen LogP contribution in [0, 0.1) is 27.7 Å². The van der Waals surface area contributed by atoms with Gasteiger partial charge in [-0.1, -0.05) is 35.4 Å². The SMILES string of the molecule is Cc1ccc(Nc2n[nH]nc2C(=O)Nc2c(C)cc(C)cc2C)cc1. The summed E-state index contributed by atoms with van der Waals surface area (Å²) in [4.78, 5) is 12.7. The lowest BCUT2D eigenvalue weighted by Crippen LogP contribution is -2.16. The molecule has 0 unspecified atom stereocenters. The molecular formula is C19H21N5O. The average Bonchev–Trinajstić information content (AvgIpc) is 3.01. The van der Waals surface area contributed by atoms with Gasteiger partial charge in [0.15, 0.2) is 11.5 Å². The Bertz CT molecular complexity index is 889. The molecule has 1 aromatic heterocycles. The summed E-state index contributed by atoms with van der Waals surface area (Å²) in [7, 11) is 0. The van der Waals surface area contributed by atoms with Crippen LogP contribution >= 0.6 is 0 Å². The van der Waals surface area contributed by atoms with Crippen LogP contribution in [0.2, 0.25) is 0 Å². The molecule has 0 saturated carbocycles. The van der Waals surface area contributed by atoms with Gasteiger partial charge in [0.25, 0.3) is 5.91 Å². The van der Waals surface area contributed by atoms with Gasteiger partial charge >= 0.3 is 0 Å². The molecule has 3 aromatic rings. The number of H-pyrrole nitrogens is 1. The third-order valence-corrected chi connectivity index (χ3v) is 3.99. The Morgan fingerprint density at radius 2 is 1.56 bits per heavy atom. The van der Waals surface area contributed by atoms with Gasteiger partial charge in [0, 0.05) is 11.4 Å². The number of rotatable bonds is 4. The van der Waals surface area contributed by atoms with Gasteiger partial charge in [0.1, 0.15) is 0 Å². The molecule has 6 nitrogen and oxygen atoms in total. The minimum absolute atomic E-state index is 0.222. The molecule has 0 spiro atoms. The van der Waals surface area contributed by atoms with Crippen molar-refractivity contribution in [3.8, 4) is 0 Å². The molecular weight excluding hydrogens is 314 g/mol. The predicted molar refractivity (Wildman–Crippen MR) is 99.5 cm³/mol. The van der Waals surface area contributed by atoms with E-state index in [0.29, 0.717) is 5.82 Å². The van der Waals surface area contributed by atoms with E-state index in [1.807, 2.05) is 64.1 Å². The van der Waals surface area contributed by atoms with Crippen molar-refractivity contribution in [1.82, 2.24) is 15.4 Å². The third-order valence-electron chi connectivity index (χ3n) is 3.99. The maximum atomic E-state index is 12.7. The molecule has 0 aliphatic rings. The first-order chi connectivity index (χ1) is 11.9. The van der Waals surface area contributed by atoms with Gasteiger partial charge in [-0.2, -0.15) is 5.21 Å². The van der Waals surface area contributed by atoms with Crippen molar-refractivity contribution in [2.75, 3.05) is 10.6 Å². The second-order valence-corrected chi connectivity index (χ2v) is 6.24. The van der Waals surface area contributed by atoms with Crippen molar-refractivity contribution >= 4 is 23.1 Å². The van der Waals surface area contributed by atoms with Gasteiger partial charge in [-0.05, 0) is 51.0 Å². The number of aryl methyl sites for hydroxylation is 4. The van der Waals surface area contributed by atoms with Crippen LogP contribution < -0.4 is 10.6 Å². The summed E-state index contributed by atoms with van der Waals surface area (Å²) in [6.45, 7) is 8.01. The van der Waals surface area contributed by atoms with E-state index in [9.17, 15) is 4.79 Å². The van der Waals surface area contributed by atoms with Gasteiger partial charge in [-0.3, -0.25) is 4.79 Å². The van der Waals surface area contributed by atoms with Crippen molar-refractivity contribution in [2.45, 2.75) is 27.7 Å². The van der Waals surface area contributed by atoms with Crippen LogP contribution in [0.1, 0.15) is 32.7 Å². The molecule has 2 aromatic carbocycles. The molecule has 1 heterocycles. The lowest BCUT2D eigenvalue weighted by molar-refractivity contribution is 0.102. The van der Waals surface area contributed by atoms with E-state index in [2.05, 4.69) is 26.0 Å². The molecule has 0 radical (unpaired) electrons. The van der Waals surface area contributed by atoms with E-state index < -0.39 is 0 Å². The maximum absolute atomic E-state index is 12.7. The summed E-state index contributed by atoms with van der Waals surface area (Å²) < 4.78 is 0. The summed E-state index contributed by atoms with van der Waals surface area (Å²) in [6.07, 6.45) is 0. The van der Waals surface area contributed by atoms with Gasteiger partial charge in [0.05, 0.1) is 0 Å². The minimum atomic E-state index is -0.307. The molecule has 25 heavy (non-hydrogen) atoms. The summed E-state index contributed by atoms with van der Waals surface area (Å²) in [6, 6.07) is 11.9. The number of carbonyl (C=O) groups is 1. The highest BCUT2D eigenvalue weighted by molar-refractivity contribution is 6.07. The first kappa shape index (κ1) is 16.7. The second-order valence-electron chi connectivity index (χ2n) is 6.24. The van der Waals surface area contributed by atoms with Crippen LogP contribution in [0.5, 0.6) is 0 Å². The quantitative estimate of drug-likeness (QED) is 0.672. The fraction of sp³-hybridized carbons (Fsp3) is 0.211. The van der Waals surface area contributed by atoms with E-state index in [-0.39, 0.29) is 11.6 Å². The van der Waals surface area contributed by atoms with Gasteiger partial charge in [-0.25, -0.2) is 0 Å². The zero-order chi connectivity index (χ0) is 18.0. The summed E-state index contributed by atoms with van der Waals surface area (Å²) >= 11 is 0. The summed E-state index contributed by atoms with van der Waals surface area (Å²) in [5.41, 5.74) is 6.23. The number of hydrogen-bond acceptors (Lipinski definition) is 4. The predicted octanol–water partition coefficient (Wildman–Crippen LogP) is 4.03. The van der Waals surface area contributed by atoms with E-state index in [1.54, 1.807) is 0 Å². The molecule has 0 aliphatic carbocycles. The van der Waals surface area contributed by atoms with Crippen molar-refractivity contribution in [2.24, 2.45) is 0 Å². The Morgan fingerprint density at radius 3 is 2.20 bits per heavy atom. The summed E-state index contributed by atoms with van der Waals surface area (Å²) in [5, 5.41) is 16.6. The number of hydrogen-bond donors (Lipinski definition) is 3. The molecule has 6 heteroatoms. The number of anilines is 3. The lowest BCUT2D eigenvalue weighted by Gasteiger charge is -2.12. The Kier molecular flexibility index (Phi) is 4.52. The highest BCUT2D eigenvalue weighted by atomic mass is 16.2. The van der Waals surface area contributed by atoms with Crippen LogP contribution in [0.3, 0.4) is 0 Å². The van der Waals surface area contributed by atoms with Gasteiger partial charge in [-0.15, -0.1) is 10.2 Å². The maximum Gasteiger partial charge on any atom is 0.280 e. The van der Waals surface area contributed by atoms with Gasteiger partial charge in [0.2, 0.25) is 0 Å². The zero-order valence-electron chi connectivity index (χ0n) is 14.8. The van der Waals surface area contributed by atoms with Crippen molar-refractivity contribution in [1.29, 1.82) is 0 Å². The van der Waals surface area contributed by atoms with E-state index >= 15 is 0 Å². The molecule has 0 bridgehead atoms. The number of carbonyl (C=O) groups excluding carboxylic acids is 1. The smallest absolute Gasteiger partial charge is 0.280 e. The molecule has 0 fully saturated rings. The minimum Gasteiger partial charge on any atom is -0.337 e.